The molecule has 8 nitrogen and oxygen atoms in total. The van der Waals surface area contributed by atoms with Gasteiger partial charge in [-0.2, -0.15) is 0 Å². The van der Waals surface area contributed by atoms with E-state index in [0.717, 1.165) is 5.56 Å². The Bertz CT molecular complexity index is 857. The summed E-state index contributed by atoms with van der Waals surface area (Å²) in [7, 11) is 0. The van der Waals surface area contributed by atoms with E-state index in [9.17, 15) is 4.79 Å². The molecule has 4 rings (SSSR count). The van der Waals surface area contributed by atoms with E-state index in [2.05, 4.69) is 15.3 Å². The van der Waals surface area contributed by atoms with Gasteiger partial charge in [-0.1, -0.05) is 17.7 Å². The van der Waals surface area contributed by atoms with Crippen LogP contribution in [0.1, 0.15) is 29.0 Å². The van der Waals surface area contributed by atoms with Crippen LogP contribution in [0, 0.1) is 0 Å². The molecule has 3 heterocycles. The smallest absolute Gasteiger partial charge is 0.272 e. The van der Waals surface area contributed by atoms with Crippen molar-refractivity contribution >= 4 is 23.5 Å². The molecule has 1 atom stereocenters. The number of amides is 1. The van der Waals surface area contributed by atoms with Crippen LogP contribution in [0.5, 0.6) is 11.5 Å². The molecule has 1 aromatic carbocycles. The summed E-state index contributed by atoms with van der Waals surface area (Å²) in [5, 5.41) is 3.13. The number of halogens is 1. The van der Waals surface area contributed by atoms with E-state index >= 15 is 0 Å². The van der Waals surface area contributed by atoms with Crippen LogP contribution in [0.4, 0.5) is 5.95 Å². The van der Waals surface area contributed by atoms with Crippen molar-refractivity contribution in [2.45, 2.75) is 13.0 Å². The lowest BCUT2D eigenvalue weighted by Crippen LogP contribution is -2.38. The fourth-order valence-electron chi connectivity index (χ4n) is 2.96. The van der Waals surface area contributed by atoms with Crippen LogP contribution in [0.15, 0.2) is 24.4 Å². The third kappa shape index (κ3) is 3.77. The molecule has 1 aromatic heterocycles. The number of benzene rings is 1. The van der Waals surface area contributed by atoms with Gasteiger partial charge in [0.25, 0.3) is 5.91 Å². The van der Waals surface area contributed by atoms with E-state index in [-0.39, 0.29) is 29.5 Å². The molecule has 1 fully saturated rings. The first-order chi connectivity index (χ1) is 13.1. The maximum absolute atomic E-state index is 12.7. The lowest BCUT2D eigenvalue weighted by atomic mass is 10.1. The second kappa shape index (κ2) is 7.58. The molecule has 0 aliphatic carbocycles. The van der Waals surface area contributed by atoms with Crippen LogP contribution in [0.25, 0.3) is 0 Å². The Morgan fingerprint density at radius 2 is 2.04 bits per heavy atom. The van der Waals surface area contributed by atoms with Gasteiger partial charge in [0.05, 0.1) is 30.5 Å². The molecular formula is C18H19ClN4O4. The molecule has 142 valence electrons. The Morgan fingerprint density at radius 3 is 2.85 bits per heavy atom. The number of carbonyl (C=O) groups excluding carboxylic acids is 1. The molecule has 1 saturated heterocycles. The van der Waals surface area contributed by atoms with E-state index in [1.54, 1.807) is 0 Å². The van der Waals surface area contributed by atoms with Gasteiger partial charge in [-0.15, -0.1) is 0 Å². The SMILES string of the molecule is C[C@@H](NC(=O)c1nc(N2CCOCC2)ncc1Cl)c1ccc2c(c1)OCO2. The van der Waals surface area contributed by atoms with Crippen molar-refractivity contribution in [3.63, 3.8) is 0 Å². The van der Waals surface area contributed by atoms with Crippen molar-refractivity contribution in [1.82, 2.24) is 15.3 Å². The van der Waals surface area contributed by atoms with Crippen molar-refractivity contribution in [2.24, 2.45) is 0 Å². The van der Waals surface area contributed by atoms with Crippen LogP contribution in [0.3, 0.4) is 0 Å². The highest BCUT2D eigenvalue weighted by molar-refractivity contribution is 6.33. The summed E-state index contributed by atoms with van der Waals surface area (Å²) in [5.41, 5.74) is 1.05. The van der Waals surface area contributed by atoms with E-state index in [0.29, 0.717) is 43.8 Å². The zero-order valence-corrected chi connectivity index (χ0v) is 15.5. The molecule has 0 bridgehead atoms. The predicted octanol–water partition coefficient (Wildman–Crippen LogP) is 2.19. The number of ether oxygens (including phenoxy) is 3. The summed E-state index contributed by atoms with van der Waals surface area (Å²) in [4.78, 5) is 23.3. The minimum absolute atomic E-state index is 0.153. The number of anilines is 1. The monoisotopic (exact) mass is 390 g/mol. The number of nitrogens with one attached hydrogen (secondary N) is 1. The summed E-state index contributed by atoms with van der Waals surface area (Å²) >= 11 is 6.17. The maximum atomic E-state index is 12.7. The standard InChI is InChI=1S/C18H19ClN4O4/c1-11(12-2-3-14-15(8-12)27-10-26-14)21-17(24)16-13(19)9-20-18(22-16)23-4-6-25-7-5-23/h2-3,8-9,11H,4-7,10H2,1H3,(H,21,24)/t11-/m1/s1. The molecule has 9 heteroatoms. The van der Waals surface area contributed by atoms with Crippen LogP contribution in [-0.2, 0) is 4.74 Å². The normalized spacial score (nSPS) is 16.9. The van der Waals surface area contributed by atoms with Crippen LogP contribution in [-0.4, -0.2) is 49.0 Å². The molecule has 0 unspecified atom stereocenters. The van der Waals surface area contributed by atoms with Gasteiger partial charge in [0.15, 0.2) is 17.2 Å². The number of hydrogen-bond acceptors (Lipinski definition) is 7. The van der Waals surface area contributed by atoms with Crippen molar-refractivity contribution in [1.29, 1.82) is 0 Å². The number of aromatic nitrogens is 2. The highest BCUT2D eigenvalue weighted by atomic mass is 35.5. The number of nitrogens with zero attached hydrogens (tertiary/aromatic N) is 3. The predicted molar refractivity (Wildman–Crippen MR) is 98.5 cm³/mol. The Balaban J connectivity index is 1.50. The van der Waals surface area contributed by atoms with Gasteiger partial charge >= 0.3 is 0 Å². The Labute approximate surface area is 161 Å². The topological polar surface area (TPSA) is 85.8 Å². The average Bonchev–Trinajstić information content (AvgIpc) is 3.16. The van der Waals surface area contributed by atoms with Gasteiger partial charge in [0, 0.05) is 13.1 Å². The average molecular weight is 391 g/mol. The highest BCUT2D eigenvalue weighted by Gasteiger charge is 2.22. The third-order valence-corrected chi connectivity index (χ3v) is 4.76. The van der Waals surface area contributed by atoms with E-state index in [4.69, 9.17) is 25.8 Å². The number of hydrogen-bond donors (Lipinski definition) is 1. The van der Waals surface area contributed by atoms with Gasteiger partial charge in [0.1, 0.15) is 0 Å². The Morgan fingerprint density at radius 1 is 1.26 bits per heavy atom. The molecule has 2 aliphatic rings. The number of rotatable bonds is 4. The van der Waals surface area contributed by atoms with E-state index < -0.39 is 0 Å². The first-order valence-corrected chi connectivity index (χ1v) is 9.05. The fourth-order valence-corrected chi connectivity index (χ4v) is 3.14. The second-order valence-electron chi connectivity index (χ2n) is 6.27. The molecule has 1 N–H and O–H groups in total. The Kier molecular flexibility index (Phi) is 5.00. The third-order valence-electron chi connectivity index (χ3n) is 4.48. The maximum Gasteiger partial charge on any atom is 0.272 e. The summed E-state index contributed by atoms with van der Waals surface area (Å²) in [6.45, 7) is 4.66. The van der Waals surface area contributed by atoms with Crippen LogP contribution < -0.4 is 19.7 Å². The quantitative estimate of drug-likeness (QED) is 0.856. The van der Waals surface area contributed by atoms with Gasteiger partial charge in [-0.25, -0.2) is 9.97 Å². The highest BCUT2D eigenvalue weighted by Crippen LogP contribution is 2.34. The van der Waals surface area contributed by atoms with Gasteiger partial charge in [-0.05, 0) is 24.6 Å². The molecular weight excluding hydrogens is 372 g/mol. The minimum atomic E-state index is -0.359. The second-order valence-corrected chi connectivity index (χ2v) is 6.68. The van der Waals surface area contributed by atoms with Crippen molar-refractivity contribution in [3.8, 4) is 11.5 Å². The lowest BCUT2D eigenvalue weighted by molar-refractivity contribution is 0.0934. The molecule has 0 saturated carbocycles. The zero-order valence-electron chi connectivity index (χ0n) is 14.8. The molecule has 27 heavy (non-hydrogen) atoms. The van der Waals surface area contributed by atoms with Crippen molar-refractivity contribution in [2.75, 3.05) is 38.0 Å². The van der Waals surface area contributed by atoms with Crippen LogP contribution in [0.2, 0.25) is 5.02 Å². The summed E-state index contributed by atoms with van der Waals surface area (Å²) in [5.74, 6) is 1.49. The van der Waals surface area contributed by atoms with Crippen LogP contribution >= 0.6 is 11.6 Å². The van der Waals surface area contributed by atoms with Gasteiger partial charge < -0.3 is 24.4 Å². The first kappa shape index (κ1) is 17.8. The van der Waals surface area contributed by atoms with Gasteiger partial charge in [0.2, 0.25) is 12.7 Å². The number of morpholine rings is 1. The van der Waals surface area contributed by atoms with E-state index in [1.807, 2.05) is 30.0 Å². The molecule has 0 spiro atoms. The van der Waals surface area contributed by atoms with E-state index in [1.165, 1.54) is 6.20 Å². The minimum Gasteiger partial charge on any atom is -0.454 e. The summed E-state index contributed by atoms with van der Waals surface area (Å²) in [6.07, 6.45) is 1.46. The largest absolute Gasteiger partial charge is 0.454 e. The zero-order chi connectivity index (χ0) is 18.8. The summed E-state index contributed by atoms with van der Waals surface area (Å²) in [6, 6.07) is 5.31. The van der Waals surface area contributed by atoms with Crippen molar-refractivity contribution < 1.29 is 19.0 Å². The lowest BCUT2D eigenvalue weighted by Gasteiger charge is -2.27. The molecule has 2 aliphatic heterocycles. The number of carbonyl (C=O) groups is 1. The first-order valence-electron chi connectivity index (χ1n) is 8.67. The van der Waals surface area contributed by atoms with Gasteiger partial charge in [-0.3, -0.25) is 4.79 Å². The summed E-state index contributed by atoms with van der Waals surface area (Å²) < 4.78 is 16.0. The molecule has 0 radical (unpaired) electrons. The number of fused-ring (bicyclic) bond motifs is 1. The van der Waals surface area contributed by atoms with Crippen molar-refractivity contribution in [3.05, 3.63) is 40.7 Å². The molecule has 2 aromatic rings. The fraction of sp³-hybridized carbons (Fsp3) is 0.389. The molecule has 1 amide bonds. The Hall–Kier alpha value is -2.58.